The summed E-state index contributed by atoms with van der Waals surface area (Å²) in [5.74, 6) is -0.0106. The molecule has 1 aromatic heterocycles. The van der Waals surface area contributed by atoms with E-state index in [1.165, 1.54) is 4.88 Å². The van der Waals surface area contributed by atoms with E-state index in [1.54, 1.807) is 11.3 Å². The normalized spacial score (nSPS) is 17.9. The van der Waals surface area contributed by atoms with Crippen molar-refractivity contribution >= 4 is 22.9 Å². The largest absolute Gasteiger partial charge is 0.360 e. The molecule has 1 atom stereocenters. The van der Waals surface area contributed by atoms with Gasteiger partial charge in [-0.2, -0.15) is 0 Å². The predicted molar refractivity (Wildman–Crippen MR) is 74.1 cm³/mol. The first kappa shape index (κ1) is 11.3. The van der Waals surface area contributed by atoms with Crippen LogP contribution in [-0.2, 0) is 0 Å². The van der Waals surface area contributed by atoms with Gasteiger partial charge in [-0.3, -0.25) is 4.79 Å². The molecule has 1 aliphatic heterocycles. The maximum atomic E-state index is 12.1. The van der Waals surface area contributed by atoms with Crippen LogP contribution < -0.4 is 10.6 Å². The van der Waals surface area contributed by atoms with E-state index in [-0.39, 0.29) is 12.1 Å². The molecule has 0 fully saturated rings. The summed E-state index contributed by atoms with van der Waals surface area (Å²) in [5, 5.41) is 6.39. The number of thiophene rings is 1. The Morgan fingerprint density at radius 1 is 1.11 bits per heavy atom. The summed E-state index contributed by atoms with van der Waals surface area (Å²) in [6.07, 6.45) is -0.121. The molecule has 18 heavy (non-hydrogen) atoms. The lowest BCUT2D eigenvalue weighted by Gasteiger charge is -2.28. The number of rotatable bonds is 1. The molecule has 92 valence electrons. The zero-order chi connectivity index (χ0) is 12.7. The smallest absolute Gasteiger partial charge is 0.255 e. The molecular weight excluding hydrogens is 244 g/mol. The van der Waals surface area contributed by atoms with Crippen molar-refractivity contribution in [3.05, 3.63) is 51.2 Å². The van der Waals surface area contributed by atoms with Crippen molar-refractivity contribution in [2.45, 2.75) is 20.0 Å². The number of carbonyl (C=O) groups excluding carboxylic acids is 1. The van der Waals surface area contributed by atoms with Crippen molar-refractivity contribution in [1.29, 1.82) is 0 Å². The zero-order valence-corrected chi connectivity index (χ0v) is 11.1. The van der Waals surface area contributed by atoms with Gasteiger partial charge in [-0.05, 0) is 37.6 Å². The van der Waals surface area contributed by atoms with Crippen molar-refractivity contribution in [2.75, 3.05) is 5.32 Å². The van der Waals surface area contributed by atoms with Crippen LogP contribution in [0.1, 0.15) is 31.8 Å². The fourth-order valence-electron chi connectivity index (χ4n) is 2.19. The standard InChI is InChI=1S/C14H14N2OS/c1-8-4-3-5-10-12(8)15-13(16-14(10)17)11-7-6-9(2)18-11/h3-7,13,15H,1-2H3,(H,16,17). The Morgan fingerprint density at radius 2 is 1.94 bits per heavy atom. The topological polar surface area (TPSA) is 41.1 Å². The number of hydrogen-bond donors (Lipinski definition) is 2. The van der Waals surface area contributed by atoms with Gasteiger partial charge < -0.3 is 10.6 Å². The van der Waals surface area contributed by atoms with Crippen molar-refractivity contribution in [3.8, 4) is 0 Å². The second kappa shape index (κ2) is 4.14. The number of anilines is 1. The minimum atomic E-state index is -0.121. The number of hydrogen-bond acceptors (Lipinski definition) is 3. The van der Waals surface area contributed by atoms with Crippen molar-refractivity contribution < 1.29 is 4.79 Å². The van der Waals surface area contributed by atoms with Crippen molar-refractivity contribution in [2.24, 2.45) is 0 Å². The van der Waals surface area contributed by atoms with E-state index in [1.807, 2.05) is 25.1 Å². The second-order valence-corrected chi connectivity index (χ2v) is 5.82. The van der Waals surface area contributed by atoms with Crippen LogP contribution in [0.5, 0.6) is 0 Å². The minimum absolute atomic E-state index is 0.0106. The van der Waals surface area contributed by atoms with Crippen LogP contribution in [-0.4, -0.2) is 5.91 Å². The van der Waals surface area contributed by atoms with Crippen LogP contribution in [0, 0.1) is 13.8 Å². The molecule has 1 unspecified atom stereocenters. The van der Waals surface area contributed by atoms with Gasteiger partial charge in [0.2, 0.25) is 0 Å². The Kier molecular flexibility index (Phi) is 2.59. The second-order valence-electron chi connectivity index (χ2n) is 4.50. The Bertz CT molecular complexity index is 618. The van der Waals surface area contributed by atoms with E-state index in [0.29, 0.717) is 0 Å². The summed E-state index contributed by atoms with van der Waals surface area (Å²) in [6.45, 7) is 4.08. The molecule has 1 aliphatic rings. The number of para-hydroxylation sites is 1. The Labute approximate surface area is 110 Å². The SMILES string of the molecule is Cc1ccc(C2NC(=O)c3cccc(C)c3N2)s1. The number of carbonyl (C=O) groups is 1. The fraction of sp³-hybridized carbons (Fsp3) is 0.214. The van der Waals surface area contributed by atoms with Gasteiger partial charge >= 0.3 is 0 Å². The lowest BCUT2D eigenvalue weighted by Crippen LogP contribution is -2.38. The summed E-state index contributed by atoms with van der Waals surface area (Å²) in [7, 11) is 0. The molecule has 1 aromatic carbocycles. The Morgan fingerprint density at radius 3 is 2.67 bits per heavy atom. The summed E-state index contributed by atoms with van der Waals surface area (Å²) >= 11 is 1.70. The molecule has 0 saturated heterocycles. The number of fused-ring (bicyclic) bond motifs is 1. The molecule has 3 nitrogen and oxygen atoms in total. The average molecular weight is 258 g/mol. The van der Waals surface area contributed by atoms with Gasteiger partial charge in [-0.1, -0.05) is 12.1 Å². The Balaban J connectivity index is 2.01. The van der Waals surface area contributed by atoms with Crippen molar-refractivity contribution in [3.63, 3.8) is 0 Å². The molecule has 3 rings (SSSR count). The third kappa shape index (κ3) is 1.78. The summed E-state index contributed by atoms with van der Waals surface area (Å²) < 4.78 is 0. The summed E-state index contributed by atoms with van der Waals surface area (Å²) in [6, 6.07) is 9.90. The van der Waals surface area contributed by atoms with Crippen LogP contribution in [0.25, 0.3) is 0 Å². The molecule has 2 aromatic rings. The van der Waals surface area contributed by atoms with Crippen LogP contribution in [0.3, 0.4) is 0 Å². The van der Waals surface area contributed by atoms with Crippen LogP contribution >= 0.6 is 11.3 Å². The Hall–Kier alpha value is -1.81. The maximum Gasteiger partial charge on any atom is 0.255 e. The highest BCUT2D eigenvalue weighted by Gasteiger charge is 2.26. The minimum Gasteiger partial charge on any atom is -0.360 e. The first-order chi connectivity index (χ1) is 8.65. The highest BCUT2D eigenvalue weighted by atomic mass is 32.1. The molecule has 0 saturated carbocycles. The van der Waals surface area contributed by atoms with Crippen LogP contribution in [0.15, 0.2) is 30.3 Å². The molecule has 0 radical (unpaired) electrons. The molecule has 1 amide bonds. The van der Waals surface area contributed by atoms with Gasteiger partial charge in [0.05, 0.1) is 11.3 Å². The van der Waals surface area contributed by atoms with E-state index in [0.717, 1.165) is 21.7 Å². The maximum absolute atomic E-state index is 12.1. The van der Waals surface area contributed by atoms with Gasteiger partial charge in [-0.25, -0.2) is 0 Å². The summed E-state index contributed by atoms with van der Waals surface area (Å²) in [5.41, 5.74) is 2.76. The van der Waals surface area contributed by atoms with Gasteiger partial charge in [0.15, 0.2) is 0 Å². The third-order valence-corrected chi connectivity index (χ3v) is 4.19. The number of amides is 1. The van der Waals surface area contributed by atoms with E-state index in [2.05, 4.69) is 29.7 Å². The number of aryl methyl sites for hydroxylation is 2. The molecule has 2 N–H and O–H groups in total. The molecule has 0 spiro atoms. The molecule has 0 bridgehead atoms. The van der Waals surface area contributed by atoms with E-state index >= 15 is 0 Å². The predicted octanol–water partition coefficient (Wildman–Crippen LogP) is 3.22. The van der Waals surface area contributed by atoms with Crippen molar-refractivity contribution in [1.82, 2.24) is 5.32 Å². The first-order valence-corrected chi connectivity index (χ1v) is 6.70. The highest BCUT2D eigenvalue weighted by Crippen LogP contribution is 2.31. The number of benzene rings is 1. The molecular formula is C14H14N2OS. The van der Waals surface area contributed by atoms with Gasteiger partial charge in [0, 0.05) is 9.75 Å². The van der Waals surface area contributed by atoms with E-state index in [9.17, 15) is 4.79 Å². The summed E-state index contributed by atoms with van der Waals surface area (Å²) in [4.78, 5) is 14.5. The lowest BCUT2D eigenvalue weighted by molar-refractivity contribution is 0.0936. The van der Waals surface area contributed by atoms with Crippen LogP contribution in [0.2, 0.25) is 0 Å². The van der Waals surface area contributed by atoms with E-state index < -0.39 is 0 Å². The highest BCUT2D eigenvalue weighted by molar-refractivity contribution is 7.12. The van der Waals surface area contributed by atoms with Crippen LogP contribution in [0.4, 0.5) is 5.69 Å². The molecule has 4 heteroatoms. The first-order valence-electron chi connectivity index (χ1n) is 5.88. The van der Waals surface area contributed by atoms with Gasteiger partial charge in [-0.15, -0.1) is 11.3 Å². The quantitative estimate of drug-likeness (QED) is 0.824. The zero-order valence-electron chi connectivity index (χ0n) is 10.3. The fourth-order valence-corrected chi connectivity index (χ4v) is 3.07. The third-order valence-electron chi connectivity index (χ3n) is 3.13. The number of nitrogens with one attached hydrogen (secondary N) is 2. The lowest BCUT2D eigenvalue weighted by atomic mass is 10.0. The monoisotopic (exact) mass is 258 g/mol. The van der Waals surface area contributed by atoms with Gasteiger partial charge in [0.25, 0.3) is 5.91 Å². The van der Waals surface area contributed by atoms with E-state index in [4.69, 9.17) is 0 Å². The average Bonchev–Trinajstić information content (AvgIpc) is 2.77. The van der Waals surface area contributed by atoms with Gasteiger partial charge in [0.1, 0.15) is 6.17 Å². The molecule has 2 heterocycles. The molecule has 0 aliphatic carbocycles.